The fraction of sp³-hybridized carbons (Fsp3) is 0.429. The predicted octanol–water partition coefficient (Wildman–Crippen LogP) is -0.703. The van der Waals surface area contributed by atoms with Crippen molar-refractivity contribution >= 4 is 32.6 Å². The van der Waals surface area contributed by atoms with Crippen LogP contribution in [0.2, 0.25) is 0 Å². The highest BCUT2D eigenvalue weighted by Gasteiger charge is 2.26. The number of sulfone groups is 1. The molecule has 1 unspecified atom stereocenters. The van der Waals surface area contributed by atoms with Crippen LogP contribution in [0, 0.1) is 0 Å². The van der Waals surface area contributed by atoms with E-state index in [0.29, 0.717) is 0 Å². The van der Waals surface area contributed by atoms with Gasteiger partial charge in [-0.15, -0.1) is 0 Å². The molecule has 7 heteroatoms. The third-order valence-corrected chi connectivity index (χ3v) is 4.47. The van der Waals surface area contributed by atoms with Gasteiger partial charge >= 0.3 is 0 Å². The fourth-order valence-corrected chi connectivity index (χ4v) is 4.01. The summed E-state index contributed by atoms with van der Waals surface area (Å²) in [6.07, 6.45) is 1.70. The Kier molecular flexibility index (Phi) is 2.46. The third-order valence-electron chi connectivity index (χ3n) is 1.80. The number of amidine groups is 2. The number of rotatable bonds is 1. The van der Waals surface area contributed by atoms with Crippen molar-refractivity contribution < 1.29 is 13.8 Å². The van der Waals surface area contributed by atoms with Crippen LogP contribution in [0.4, 0.5) is 0 Å². The number of hydrogen-bond donors (Lipinski definition) is 1. The van der Waals surface area contributed by atoms with Crippen molar-refractivity contribution in [3.05, 3.63) is 11.5 Å². The highest BCUT2D eigenvalue weighted by molar-refractivity contribution is 8.14. The summed E-state index contributed by atoms with van der Waals surface area (Å²) in [6, 6.07) is 0. The summed E-state index contributed by atoms with van der Waals surface area (Å²) in [4.78, 5) is 4.15. The third kappa shape index (κ3) is 2.23. The quantitative estimate of drug-likeness (QED) is 0.607. The molecule has 14 heavy (non-hydrogen) atoms. The molecule has 2 N–H and O–H groups in total. The van der Waals surface area contributed by atoms with Crippen LogP contribution in [0.5, 0.6) is 0 Å². The number of thioether (sulfide) groups is 1. The van der Waals surface area contributed by atoms with Gasteiger partial charge in [0.25, 0.3) is 5.17 Å². The molecular weight excluding hydrogens is 222 g/mol. The molecule has 0 aromatic carbocycles. The van der Waals surface area contributed by atoms with Crippen molar-refractivity contribution in [3.63, 3.8) is 0 Å². The average molecular weight is 232 g/mol. The highest BCUT2D eigenvalue weighted by atomic mass is 32.2. The van der Waals surface area contributed by atoms with E-state index in [1.807, 2.05) is 6.92 Å². The summed E-state index contributed by atoms with van der Waals surface area (Å²) in [7, 11) is -2.96. The van der Waals surface area contributed by atoms with Crippen molar-refractivity contribution in [2.24, 2.45) is 10.1 Å². The molecule has 0 aromatic rings. The Hall–Kier alpha value is -0.660. The minimum absolute atomic E-state index is 0.0175. The molecule has 0 amide bonds. The van der Waals surface area contributed by atoms with Gasteiger partial charge in [-0.2, -0.15) is 10.4 Å². The van der Waals surface area contributed by atoms with E-state index in [0.717, 1.165) is 11.0 Å². The first-order valence-electron chi connectivity index (χ1n) is 4.09. The molecule has 0 radical (unpaired) electrons. The van der Waals surface area contributed by atoms with Crippen molar-refractivity contribution in [2.45, 2.75) is 12.2 Å². The Morgan fingerprint density at radius 1 is 1.64 bits per heavy atom. The van der Waals surface area contributed by atoms with Gasteiger partial charge in [0.15, 0.2) is 15.7 Å². The van der Waals surface area contributed by atoms with Crippen LogP contribution in [0.25, 0.3) is 0 Å². The smallest absolute Gasteiger partial charge is 0.224 e. The second-order valence-electron chi connectivity index (χ2n) is 3.07. The van der Waals surface area contributed by atoms with Crippen molar-refractivity contribution in [1.82, 2.24) is 0 Å². The van der Waals surface area contributed by atoms with E-state index in [2.05, 4.69) is 10.1 Å². The maximum Gasteiger partial charge on any atom is 0.289 e. The highest BCUT2D eigenvalue weighted by Crippen LogP contribution is 2.21. The normalized spacial score (nSPS) is 29.1. The minimum Gasteiger partial charge on any atom is -0.224 e. The summed E-state index contributed by atoms with van der Waals surface area (Å²) in [5.74, 6) is 0.890. The summed E-state index contributed by atoms with van der Waals surface area (Å²) in [5, 5.41) is 6.03. The van der Waals surface area contributed by atoms with Crippen LogP contribution in [0.15, 0.2) is 21.6 Å². The van der Waals surface area contributed by atoms with Gasteiger partial charge in [-0.1, -0.05) is 11.2 Å². The van der Waals surface area contributed by atoms with Crippen LogP contribution < -0.4 is 5.43 Å². The lowest BCUT2D eigenvalue weighted by Crippen LogP contribution is -2.79. The molecule has 5 nitrogen and oxygen atoms in total. The molecule has 2 rings (SSSR count). The Balaban J connectivity index is 1.96. The SMILES string of the molecule is CC1=N[NH2+]C(SC2C=CS(=O)(=O)C2)=N1. The largest absolute Gasteiger partial charge is 0.289 e. The van der Waals surface area contributed by atoms with Gasteiger partial charge in [0.1, 0.15) is 0 Å². The molecule has 0 spiro atoms. The van der Waals surface area contributed by atoms with Gasteiger partial charge < -0.3 is 0 Å². The summed E-state index contributed by atoms with van der Waals surface area (Å²) in [5.41, 5.74) is 1.67. The van der Waals surface area contributed by atoms with Crippen LogP contribution >= 0.6 is 11.8 Å². The number of quaternary nitrogens is 1. The van der Waals surface area contributed by atoms with Gasteiger partial charge in [0.05, 0.1) is 5.75 Å². The van der Waals surface area contributed by atoms with Crippen LogP contribution in [-0.2, 0) is 9.84 Å². The van der Waals surface area contributed by atoms with E-state index in [9.17, 15) is 8.42 Å². The summed E-state index contributed by atoms with van der Waals surface area (Å²) >= 11 is 1.43. The first kappa shape index (κ1) is 9.88. The molecule has 0 aromatic heterocycles. The zero-order chi connectivity index (χ0) is 10.2. The Morgan fingerprint density at radius 3 is 2.93 bits per heavy atom. The number of nitrogens with zero attached hydrogens (tertiary/aromatic N) is 2. The first-order valence-corrected chi connectivity index (χ1v) is 6.69. The standard InChI is InChI=1S/C7H9N3O2S2/c1-5-8-7(10-9-5)13-6-2-3-14(11,12)4-6/h2-3,6H,4H2,1H3,(H,8,9,10)/p+1. The van der Waals surface area contributed by atoms with Crippen LogP contribution in [0.3, 0.4) is 0 Å². The molecule has 1 atom stereocenters. The topological polar surface area (TPSA) is 75.5 Å². The molecule has 0 fully saturated rings. The van der Waals surface area contributed by atoms with Gasteiger partial charge in [0, 0.05) is 17.6 Å². The maximum atomic E-state index is 11.1. The molecule has 0 saturated heterocycles. The van der Waals surface area contributed by atoms with Gasteiger partial charge in [-0.25, -0.2) is 8.42 Å². The Bertz CT molecular complexity index is 436. The maximum absolute atomic E-state index is 11.1. The Morgan fingerprint density at radius 2 is 2.43 bits per heavy atom. The van der Waals surface area contributed by atoms with Crippen molar-refractivity contribution in [2.75, 3.05) is 5.75 Å². The number of nitrogens with two attached hydrogens (primary N) is 1. The molecule has 0 saturated carbocycles. The molecule has 76 valence electrons. The molecule has 0 bridgehead atoms. The van der Waals surface area contributed by atoms with E-state index in [-0.39, 0.29) is 11.0 Å². The van der Waals surface area contributed by atoms with E-state index in [1.165, 1.54) is 17.2 Å². The lowest BCUT2D eigenvalue weighted by molar-refractivity contribution is -0.536. The van der Waals surface area contributed by atoms with Crippen molar-refractivity contribution in [1.29, 1.82) is 0 Å². The van der Waals surface area contributed by atoms with E-state index >= 15 is 0 Å². The first-order chi connectivity index (χ1) is 6.55. The monoisotopic (exact) mass is 232 g/mol. The van der Waals surface area contributed by atoms with Gasteiger partial charge in [0.2, 0.25) is 0 Å². The zero-order valence-electron chi connectivity index (χ0n) is 7.54. The fourth-order valence-electron chi connectivity index (χ4n) is 1.20. The van der Waals surface area contributed by atoms with E-state index in [4.69, 9.17) is 0 Å². The molecule has 2 aliphatic rings. The molecule has 2 heterocycles. The van der Waals surface area contributed by atoms with E-state index in [1.54, 1.807) is 11.5 Å². The van der Waals surface area contributed by atoms with E-state index < -0.39 is 9.84 Å². The predicted molar refractivity (Wildman–Crippen MR) is 56.8 cm³/mol. The van der Waals surface area contributed by atoms with Crippen molar-refractivity contribution in [3.8, 4) is 0 Å². The lowest BCUT2D eigenvalue weighted by Gasteiger charge is -2.00. The van der Waals surface area contributed by atoms with Gasteiger partial charge in [-0.3, -0.25) is 0 Å². The second-order valence-corrected chi connectivity index (χ2v) is 6.26. The second kappa shape index (κ2) is 3.48. The molecule has 0 aliphatic carbocycles. The zero-order valence-corrected chi connectivity index (χ0v) is 9.18. The molecule has 2 aliphatic heterocycles. The number of aliphatic imine (C=N–C) groups is 1. The Labute approximate surface area is 86.3 Å². The van der Waals surface area contributed by atoms with Crippen LogP contribution in [0.1, 0.15) is 6.92 Å². The van der Waals surface area contributed by atoms with Crippen LogP contribution in [-0.4, -0.2) is 30.4 Å². The van der Waals surface area contributed by atoms with Gasteiger partial charge in [-0.05, 0) is 11.8 Å². The minimum atomic E-state index is -2.96. The lowest BCUT2D eigenvalue weighted by atomic mass is 10.5. The molecular formula is C7H10N3O2S2+. The average Bonchev–Trinajstić information content (AvgIpc) is 2.59. The summed E-state index contributed by atoms with van der Waals surface area (Å²) in [6.45, 7) is 1.81. The number of hydrogen-bond acceptors (Lipinski definition) is 5. The summed E-state index contributed by atoms with van der Waals surface area (Å²) < 4.78 is 22.2.